The van der Waals surface area contributed by atoms with Crippen molar-refractivity contribution in [2.24, 2.45) is 0 Å². The third-order valence-corrected chi connectivity index (χ3v) is 4.78. The topological polar surface area (TPSA) is 29.0 Å². The van der Waals surface area contributed by atoms with Gasteiger partial charge in [-0.3, -0.25) is 0 Å². The SMILES string of the molecule is Brc1ccc(N(c2ccccc2)c2ccccc2)c2nsnc12. The van der Waals surface area contributed by atoms with E-state index in [2.05, 4.69) is 59.9 Å². The average molecular weight is 382 g/mol. The van der Waals surface area contributed by atoms with Crippen LogP contribution in [-0.4, -0.2) is 8.75 Å². The molecule has 112 valence electrons. The summed E-state index contributed by atoms with van der Waals surface area (Å²) in [6.07, 6.45) is 0. The molecule has 4 aromatic rings. The maximum absolute atomic E-state index is 4.51. The maximum Gasteiger partial charge on any atom is 0.129 e. The van der Waals surface area contributed by atoms with Gasteiger partial charge in [0.15, 0.2) is 0 Å². The lowest BCUT2D eigenvalue weighted by molar-refractivity contribution is 1.29. The summed E-state index contributed by atoms with van der Waals surface area (Å²) in [5, 5.41) is 0. The Morgan fingerprint density at radius 2 is 1.26 bits per heavy atom. The molecule has 0 N–H and O–H groups in total. The predicted molar refractivity (Wildman–Crippen MR) is 99.8 cm³/mol. The first-order valence-electron chi connectivity index (χ1n) is 7.15. The van der Waals surface area contributed by atoms with E-state index in [0.717, 1.165) is 32.6 Å². The van der Waals surface area contributed by atoms with E-state index in [4.69, 9.17) is 0 Å². The van der Waals surface area contributed by atoms with E-state index in [1.165, 1.54) is 11.7 Å². The number of halogens is 1. The Bertz CT molecular complexity index is 899. The molecule has 3 aromatic carbocycles. The number of aromatic nitrogens is 2. The Balaban J connectivity index is 1.98. The quantitative estimate of drug-likeness (QED) is 0.440. The summed E-state index contributed by atoms with van der Waals surface area (Å²) in [6.45, 7) is 0. The smallest absolute Gasteiger partial charge is 0.129 e. The molecule has 3 nitrogen and oxygen atoms in total. The molecule has 0 unspecified atom stereocenters. The predicted octanol–water partition coefficient (Wildman–Crippen LogP) is 5.92. The van der Waals surface area contributed by atoms with Crippen molar-refractivity contribution in [1.29, 1.82) is 0 Å². The largest absolute Gasteiger partial charge is 0.308 e. The molecule has 0 radical (unpaired) electrons. The van der Waals surface area contributed by atoms with Gasteiger partial charge >= 0.3 is 0 Å². The molecular formula is C18H12BrN3S. The Labute approximate surface area is 146 Å². The standard InChI is InChI=1S/C18H12BrN3S/c19-15-11-12-16(18-17(15)20-23-21-18)22(13-7-3-1-4-8-13)14-9-5-2-6-10-14/h1-12H. The van der Waals surface area contributed by atoms with Gasteiger partial charge in [0.05, 0.1) is 17.4 Å². The molecule has 0 saturated heterocycles. The zero-order chi connectivity index (χ0) is 15.6. The lowest BCUT2D eigenvalue weighted by Gasteiger charge is -2.25. The van der Waals surface area contributed by atoms with E-state index in [-0.39, 0.29) is 0 Å². The molecule has 0 aliphatic carbocycles. The van der Waals surface area contributed by atoms with Crippen LogP contribution in [0.5, 0.6) is 0 Å². The second-order valence-corrected chi connectivity index (χ2v) is 6.42. The van der Waals surface area contributed by atoms with E-state index in [0.29, 0.717) is 0 Å². The highest BCUT2D eigenvalue weighted by molar-refractivity contribution is 9.10. The first-order valence-corrected chi connectivity index (χ1v) is 8.68. The number of hydrogen-bond donors (Lipinski definition) is 0. The summed E-state index contributed by atoms with van der Waals surface area (Å²) in [5.41, 5.74) is 5.00. The summed E-state index contributed by atoms with van der Waals surface area (Å²) >= 11 is 4.79. The lowest BCUT2D eigenvalue weighted by Crippen LogP contribution is -2.10. The van der Waals surface area contributed by atoms with Crippen molar-refractivity contribution in [2.45, 2.75) is 0 Å². The second kappa shape index (κ2) is 6.10. The maximum atomic E-state index is 4.51. The molecule has 0 saturated carbocycles. The van der Waals surface area contributed by atoms with Gasteiger partial charge in [-0.2, -0.15) is 8.75 Å². The normalized spacial score (nSPS) is 10.8. The Kier molecular flexibility index (Phi) is 3.81. The van der Waals surface area contributed by atoms with Crippen molar-refractivity contribution < 1.29 is 0 Å². The highest BCUT2D eigenvalue weighted by Crippen LogP contribution is 2.39. The molecule has 1 aromatic heterocycles. The van der Waals surface area contributed by atoms with Gasteiger partial charge in [-0.15, -0.1) is 0 Å². The van der Waals surface area contributed by atoms with Crippen LogP contribution in [0.4, 0.5) is 17.1 Å². The first kappa shape index (κ1) is 14.4. The van der Waals surface area contributed by atoms with E-state index in [1.807, 2.05) is 42.5 Å². The summed E-state index contributed by atoms with van der Waals surface area (Å²) in [7, 11) is 0. The third kappa shape index (κ3) is 2.62. The fourth-order valence-corrected chi connectivity index (χ4v) is 3.68. The lowest BCUT2D eigenvalue weighted by atomic mass is 10.1. The average Bonchev–Trinajstić information content (AvgIpc) is 3.10. The molecule has 0 aliphatic heterocycles. The van der Waals surface area contributed by atoms with Crippen LogP contribution in [0.25, 0.3) is 11.0 Å². The fraction of sp³-hybridized carbons (Fsp3) is 0. The first-order chi connectivity index (χ1) is 11.3. The second-order valence-electron chi connectivity index (χ2n) is 5.03. The number of hydrogen-bond acceptors (Lipinski definition) is 4. The van der Waals surface area contributed by atoms with Gasteiger partial charge in [-0.05, 0) is 52.3 Å². The zero-order valence-electron chi connectivity index (χ0n) is 12.1. The van der Waals surface area contributed by atoms with Gasteiger partial charge in [0.25, 0.3) is 0 Å². The molecule has 0 amide bonds. The van der Waals surface area contributed by atoms with Crippen molar-refractivity contribution in [2.75, 3.05) is 4.90 Å². The highest BCUT2D eigenvalue weighted by atomic mass is 79.9. The number of rotatable bonds is 3. The summed E-state index contributed by atoms with van der Waals surface area (Å²) < 4.78 is 9.88. The van der Waals surface area contributed by atoms with Gasteiger partial charge in [0, 0.05) is 15.8 Å². The van der Waals surface area contributed by atoms with Crippen LogP contribution in [0.2, 0.25) is 0 Å². The fourth-order valence-electron chi connectivity index (χ4n) is 2.59. The summed E-state index contributed by atoms with van der Waals surface area (Å²) in [5.74, 6) is 0. The van der Waals surface area contributed by atoms with Crippen LogP contribution in [0.3, 0.4) is 0 Å². The Hall–Kier alpha value is -2.24. The zero-order valence-corrected chi connectivity index (χ0v) is 14.5. The summed E-state index contributed by atoms with van der Waals surface area (Å²) in [6, 6.07) is 24.7. The van der Waals surface area contributed by atoms with Crippen LogP contribution in [0.15, 0.2) is 77.3 Å². The van der Waals surface area contributed by atoms with Crippen molar-refractivity contribution >= 4 is 55.8 Å². The molecule has 4 rings (SSSR count). The van der Waals surface area contributed by atoms with E-state index in [9.17, 15) is 0 Å². The van der Waals surface area contributed by atoms with Gasteiger partial charge < -0.3 is 4.90 Å². The van der Waals surface area contributed by atoms with E-state index in [1.54, 1.807) is 0 Å². The number of anilines is 3. The molecule has 1 heterocycles. The number of para-hydroxylation sites is 2. The monoisotopic (exact) mass is 381 g/mol. The number of nitrogens with zero attached hydrogens (tertiary/aromatic N) is 3. The van der Waals surface area contributed by atoms with E-state index >= 15 is 0 Å². The number of fused-ring (bicyclic) bond motifs is 1. The van der Waals surface area contributed by atoms with Crippen LogP contribution in [-0.2, 0) is 0 Å². The molecule has 0 fully saturated rings. The minimum Gasteiger partial charge on any atom is -0.308 e. The molecule has 23 heavy (non-hydrogen) atoms. The van der Waals surface area contributed by atoms with Gasteiger partial charge in [0.1, 0.15) is 11.0 Å². The molecule has 0 atom stereocenters. The number of benzene rings is 3. The van der Waals surface area contributed by atoms with Crippen LogP contribution in [0.1, 0.15) is 0 Å². The Morgan fingerprint density at radius 1 is 0.696 bits per heavy atom. The van der Waals surface area contributed by atoms with Crippen LogP contribution >= 0.6 is 27.7 Å². The van der Waals surface area contributed by atoms with Crippen LogP contribution in [0, 0.1) is 0 Å². The minimum absolute atomic E-state index is 0.893. The van der Waals surface area contributed by atoms with E-state index < -0.39 is 0 Å². The molecular weight excluding hydrogens is 370 g/mol. The van der Waals surface area contributed by atoms with Crippen molar-refractivity contribution in [3.63, 3.8) is 0 Å². The van der Waals surface area contributed by atoms with Crippen LogP contribution < -0.4 is 4.90 Å². The summed E-state index contributed by atoms with van der Waals surface area (Å²) in [4.78, 5) is 2.20. The molecule has 0 spiro atoms. The van der Waals surface area contributed by atoms with Crippen molar-refractivity contribution in [3.05, 3.63) is 77.3 Å². The molecule has 0 bridgehead atoms. The van der Waals surface area contributed by atoms with Gasteiger partial charge in [0.2, 0.25) is 0 Å². The van der Waals surface area contributed by atoms with Gasteiger partial charge in [-0.25, -0.2) is 0 Å². The third-order valence-electron chi connectivity index (χ3n) is 3.61. The highest BCUT2D eigenvalue weighted by Gasteiger charge is 2.17. The van der Waals surface area contributed by atoms with Gasteiger partial charge in [-0.1, -0.05) is 36.4 Å². The van der Waals surface area contributed by atoms with Crippen molar-refractivity contribution in [3.8, 4) is 0 Å². The molecule has 5 heteroatoms. The van der Waals surface area contributed by atoms with Crippen molar-refractivity contribution in [1.82, 2.24) is 8.75 Å². The molecule has 0 aliphatic rings. The minimum atomic E-state index is 0.893. The Morgan fingerprint density at radius 3 is 1.87 bits per heavy atom.